The van der Waals surface area contributed by atoms with E-state index in [0.29, 0.717) is 13.0 Å². The van der Waals surface area contributed by atoms with Crippen molar-refractivity contribution in [2.75, 3.05) is 13.7 Å². The highest BCUT2D eigenvalue weighted by atomic mass is 16.5. The topological polar surface area (TPSA) is 70.6 Å². The number of amides is 2. The van der Waals surface area contributed by atoms with Gasteiger partial charge in [0.25, 0.3) is 0 Å². The van der Waals surface area contributed by atoms with Crippen LogP contribution in [0.1, 0.15) is 11.1 Å². The summed E-state index contributed by atoms with van der Waals surface area (Å²) in [6.07, 6.45) is -0.0938. The van der Waals surface area contributed by atoms with Gasteiger partial charge in [-0.3, -0.25) is 0 Å². The number of rotatable bonds is 7. The SMILES string of the molecule is COc1ccc(CNC(=O)NCC(O)Cc2ccccc2)cc1. The molecule has 0 fully saturated rings. The molecule has 0 saturated carbocycles. The Kier molecular flexibility index (Phi) is 6.44. The average molecular weight is 314 g/mol. The van der Waals surface area contributed by atoms with Gasteiger partial charge in [0.1, 0.15) is 5.75 Å². The lowest BCUT2D eigenvalue weighted by Crippen LogP contribution is -2.39. The first kappa shape index (κ1) is 16.8. The van der Waals surface area contributed by atoms with Gasteiger partial charge in [-0.1, -0.05) is 42.5 Å². The standard InChI is InChI=1S/C18H22N2O3/c1-23-17-9-7-15(8-10-17)12-19-18(22)20-13-16(21)11-14-5-3-2-4-6-14/h2-10,16,21H,11-13H2,1H3,(H2,19,20,22). The van der Waals surface area contributed by atoms with E-state index in [-0.39, 0.29) is 12.6 Å². The van der Waals surface area contributed by atoms with Crippen LogP contribution in [0.2, 0.25) is 0 Å². The minimum atomic E-state index is -0.607. The third-order valence-corrected chi connectivity index (χ3v) is 3.42. The van der Waals surface area contributed by atoms with Crippen molar-refractivity contribution in [1.82, 2.24) is 10.6 Å². The number of aliphatic hydroxyl groups excluding tert-OH is 1. The molecule has 0 aliphatic rings. The van der Waals surface area contributed by atoms with E-state index in [4.69, 9.17) is 4.74 Å². The Hall–Kier alpha value is -2.53. The van der Waals surface area contributed by atoms with E-state index in [9.17, 15) is 9.90 Å². The Morgan fingerprint density at radius 1 is 1.04 bits per heavy atom. The van der Waals surface area contributed by atoms with E-state index in [2.05, 4.69) is 10.6 Å². The summed E-state index contributed by atoms with van der Waals surface area (Å²) in [7, 11) is 1.61. The van der Waals surface area contributed by atoms with Crippen LogP contribution in [-0.4, -0.2) is 30.9 Å². The van der Waals surface area contributed by atoms with Crippen molar-refractivity contribution < 1.29 is 14.6 Å². The first-order valence-electron chi connectivity index (χ1n) is 7.54. The molecule has 122 valence electrons. The highest BCUT2D eigenvalue weighted by Gasteiger charge is 2.07. The highest BCUT2D eigenvalue weighted by molar-refractivity contribution is 5.73. The van der Waals surface area contributed by atoms with Gasteiger partial charge in [0, 0.05) is 19.5 Å². The van der Waals surface area contributed by atoms with E-state index in [1.165, 1.54) is 0 Å². The summed E-state index contributed by atoms with van der Waals surface area (Å²) in [5.41, 5.74) is 2.02. The molecule has 3 N–H and O–H groups in total. The highest BCUT2D eigenvalue weighted by Crippen LogP contribution is 2.10. The normalized spacial score (nSPS) is 11.6. The number of urea groups is 1. The Labute approximate surface area is 136 Å². The summed E-state index contributed by atoms with van der Waals surface area (Å²) < 4.78 is 5.08. The smallest absolute Gasteiger partial charge is 0.315 e. The lowest BCUT2D eigenvalue weighted by Gasteiger charge is -2.13. The molecule has 0 aliphatic carbocycles. The molecule has 23 heavy (non-hydrogen) atoms. The van der Waals surface area contributed by atoms with Gasteiger partial charge in [0.2, 0.25) is 0 Å². The summed E-state index contributed by atoms with van der Waals surface area (Å²) in [5, 5.41) is 15.4. The van der Waals surface area contributed by atoms with Crippen molar-refractivity contribution >= 4 is 6.03 Å². The van der Waals surface area contributed by atoms with Crippen LogP contribution >= 0.6 is 0 Å². The molecule has 5 heteroatoms. The van der Waals surface area contributed by atoms with Gasteiger partial charge in [-0.25, -0.2) is 4.79 Å². The van der Waals surface area contributed by atoms with Gasteiger partial charge in [0.15, 0.2) is 0 Å². The minimum Gasteiger partial charge on any atom is -0.497 e. The number of carbonyl (C=O) groups excluding carboxylic acids is 1. The summed E-state index contributed by atoms with van der Waals surface area (Å²) in [6, 6.07) is 16.9. The molecule has 5 nitrogen and oxygen atoms in total. The molecule has 0 radical (unpaired) electrons. The predicted molar refractivity (Wildman–Crippen MR) is 89.4 cm³/mol. The molecule has 2 rings (SSSR count). The van der Waals surface area contributed by atoms with Crippen LogP contribution in [0.25, 0.3) is 0 Å². The van der Waals surface area contributed by atoms with E-state index in [1.807, 2.05) is 54.6 Å². The van der Waals surface area contributed by atoms with Crippen LogP contribution in [0.15, 0.2) is 54.6 Å². The predicted octanol–water partition coefficient (Wildman–Crippen LogP) is 2.10. The number of hydrogen-bond donors (Lipinski definition) is 3. The maximum absolute atomic E-state index is 11.7. The van der Waals surface area contributed by atoms with Crippen molar-refractivity contribution in [3.8, 4) is 5.75 Å². The van der Waals surface area contributed by atoms with Gasteiger partial charge in [-0.2, -0.15) is 0 Å². The fraction of sp³-hybridized carbons (Fsp3) is 0.278. The second-order valence-corrected chi connectivity index (χ2v) is 5.26. The zero-order chi connectivity index (χ0) is 16.5. The number of methoxy groups -OCH3 is 1. The van der Waals surface area contributed by atoms with Crippen LogP contribution in [-0.2, 0) is 13.0 Å². The monoisotopic (exact) mass is 314 g/mol. The number of nitrogens with one attached hydrogen (secondary N) is 2. The fourth-order valence-electron chi connectivity index (χ4n) is 2.16. The Morgan fingerprint density at radius 3 is 2.39 bits per heavy atom. The summed E-state index contributed by atoms with van der Waals surface area (Å²) in [4.78, 5) is 11.7. The van der Waals surface area contributed by atoms with Crippen LogP contribution < -0.4 is 15.4 Å². The molecule has 2 aromatic carbocycles. The second kappa shape index (κ2) is 8.80. The molecule has 1 unspecified atom stereocenters. The van der Waals surface area contributed by atoms with Crippen LogP contribution in [0, 0.1) is 0 Å². The van der Waals surface area contributed by atoms with Gasteiger partial charge in [-0.05, 0) is 23.3 Å². The van der Waals surface area contributed by atoms with Crippen molar-refractivity contribution in [3.63, 3.8) is 0 Å². The number of ether oxygens (including phenoxy) is 1. The molecular weight excluding hydrogens is 292 g/mol. The molecule has 2 aromatic rings. The molecule has 2 amide bonds. The molecule has 0 saturated heterocycles. The van der Waals surface area contributed by atoms with E-state index in [0.717, 1.165) is 16.9 Å². The van der Waals surface area contributed by atoms with Crippen LogP contribution in [0.3, 0.4) is 0 Å². The Bertz CT molecular complexity index is 599. The second-order valence-electron chi connectivity index (χ2n) is 5.26. The summed E-state index contributed by atoms with van der Waals surface area (Å²) in [6.45, 7) is 0.633. The largest absolute Gasteiger partial charge is 0.497 e. The average Bonchev–Trinajstić information content (AvgIpc) is 2.59. The summed E-state index contributed by atoms with van der Waals surface area (Å²) in [5.74, 6) is 0.780. The first-order chi connectivity index (χ1) is 11.2. The quantitative estimate of drug-likeness (QED) is 0.733. The van der Waals surface area contributed by atoms with Gasteiger partial charge in [-0.15, -0.1) is 0 Å². The van der Waals surface area contributed by atoms with Crippen molar-refractivity contribution in [2.45, 2.75) is 19.1 Å². The third-order valence-electron chi connectivity index (χ3n) is 3.42. The zero-order valence-corrected chi connectivity index (χ0v) is 13.2. The molecule has 1 atom stereocenters. The fourth-order valence-corrected chi connectivity index (χ4v) is 2.16. The first-order valence-corrected chi connectivity index (χ1v) is 7.54. The molecule has 0 aromatic heterocycles. The molecule has 0 heterocycles. The number of aliphatic hydroxyl groups is 1. The molecule has 0 spiro atoms. The van der Waals surface area contributed by atoms with Crippen LogP contribution in [0.4, 0.5) is 4.79 Å². The lowest BCUT2D eigenvalue weighted by atomic mass is 10.1. The van der Waals surface area contributed by atoms with Crippen molar-refractivity contribution in [2.24, 2.45) is 0 Å². The number of carbonyl (C=O) groups is 1. The minimum absolute atomic E-state index is 0.212. The van der Waals surface area contributed by atoms with Gasteiger partial charge < -0.3 is 20.5 Å². The summed E-state index contributed by atoms with van der Waals surface area (Å²) >= 11 is 0. The van der Waals surface area contributed by atoms with Gasteiger partial charge in [0.05, 0.1) is 13.2 Å². The number of benzene rings is 2. The lowest BCUT2D eigenvalue weighted by molar-refractivity contribution is 0.170. The molecule has 0 bridgehead atoms. The van der Waals surface area contributed by atoms with E-state index < -0.39 is 6.10 Å². The number of hydrogen-bond acceptors (Lipinski definition) is 3. The van der Waals surface area contributed by atoms with Gasteiger partial charge >= 0.3 is 6.03 Å². The van der Waals surface area contributed by atoms with E-state index in [1.54, 1.807) is 7.11 Å². The maximum Gasteiger partial charge on any atom is 0.315 e. The third kappa shape index (κ3) is 6.00. The Morgan fingerprint density at radius 2 is 1.74 bits per heavy atom. The maximum atomic E-state index is 11.7. The Balaban J connectivity index is 1.68. The van der Waals surface area contributed by atoms with Crippen LogP contribution in [0.5, 0.6) is 5.75 Å². The van der Waals surface area contributed by atoms with E-state index >= 15 is 0 Å². The van der Waals surface area contributed by atoms with Crippen molar-refractivity contribution in [3.05, 3.63) is 65.7 Å². The molecular formula is C18H22N2O3. The van der Waals surface area contributed by atoms with Crippen molar-refractivity contribution in [1.29, 1.82) is 0 Å². The molecule has 0 aliphatic heterocycles. The zero-order valence-electron chi connectivity index (χ0n) is 13.2.